The van der Waals surface area contributed by atoms with Crippen LogP contribution in [0.5, 0.6) is 11.5 Å². The Bertz CT molecular complexity index is 690. The minimum atomic E-state index is -0.507. The molecule has 0 amide bonds. The molecule has 0 spiro atoms. The molecule has 1 aliphatic rings. The van der Waals surface area contributed by atoms with Crippen molar-refractivity contribution < 1.29 is 19.4 Å². The van der Waals surface area contributed by atoms with E-state index in [1.165, 1.54) is 7.11 Å². The molecule has 1 heterocycles. The van der Waals surface area contributed by atoms with E-state index in [1.54, 1.807) is 19.1 Å². The maximum absolute atomic E-state index is 12.1. The van der Waals surface area contributed by atoms with Crippen molar-refractivity contribution in [3.63, 3.8) is 0 Å². The number of hydrogen-bond acceptors (Lipinski definition) is 5. The van der Waals surface area contributed by atoms with Crippen molar-refractivity contribution >= 4 is 39.2 Å². The summed E-state index contributed by atoms with van der Waals surface area (Å²) in [4.78, 5) is 12.1. The zero-order valence-corrected chi connectivity index (χ0v) is 15.3. The number of halogens is 1. The van der Waals surface area contributed by atoms with Gasteiger partial charge in [0.15, 0.2) is 16.6 Å². The van der Waals surface area contributed by atoms with Crippen LogP contribution >= 0.6 is 28.1 Å². The molecule has 0 unspecified atom stereocenters. The Kier molecular flexibility index (Phi) is 5.48. The maximum Gasteiger partial charge on any atom is 0.337 e. The molecular formula is C15H17BrN2O4S. The largest absolute Gasteiger partial charge is 0.503 e. The molecular weight excluding hydrogens is 384 g/mol. The molecule has 0 saturated carbocycles. The molecule has 1 aliphatic heterocycles. The summed E-state index contributed by atoms with van der Waals surface area (Å²) in [5.41, 5.74) is 1.75. The summed E-state index contributed by atoms with van der Waals surface area (Å²) in [5.74, 6) is -0.130. The van der Waals surface area contributed by atoms with Gasteiger partial charge in [0.05, 0.1) is 29.8 Å². The number of ether oxygens (including phenoxy) is 2. The van der Waals surface area contributed by atoms with E-state index in [9.17, 15) is 9.90 Å². The number of hydrogen-bond donors (Lipinski definition) is 3. The predicted molar refractivity (Wildman–Crippen MR) is 93.3 cm³/mol. The fraction of sp³-hybridized carbons (Fsp3) is 0.333. The fourth-order valence-corrected chi connectivity index (χ4v) is 3.08. The Morgan fingerprint density at radius 2 is 2.17 bits per heavy atom. The van der Waals surface area contributed by atoms with Gasteiger partial charge in [0.2, 0.25) is 0 Å². The predicted octanol–water partition coefficient (Wildman–Crippen LogP) is 2.52. The van der Waals surface area contributed by atoms with Crippen molar-refractivity contribution in [3.8, 4) is 11.5 Å². The lowest BCUT2D eigenvalue weighted by molar-refractivity contribution is -0.136. The molecule has 124 valence electrons. The highest BCUT2D eigenvalue weighted by Crippen LogP contribution is 2.39. The van der Waals surface area contributed by atoms with Crippen LogP contribution < -0.4 is 15.4 Å². The summed E-state index contributed by atoms with van der Waals surface area (Å²) in [7, 11) is 1.32. The van der Waals surface area contributed by atoms with Crippen LogP contribution in [0.15, 0.2) is 27.9 Å². The number of benzene rings is 1. The van der Waals surface area contributed by atoms with Crippen molar-refractivity contribution in [2.75, 3.05) is 13.7 Å². The number of esters is 1. The van der Waals surface area contributed by atoms with Gasteiger partial charge >= 0.3 is 5.97 Å². The number of rotatable bonds is 4. The normalized spacial score (nSPS) is 17.4. The van der Waals surface area contributed by atoms with E-state index in [-0.39, 0.29) is 5.75 Å². The summed E-state index contributed by atoms with van der Waals surface area (Å²) in [5, 5.41) is 16.4. The molecule has 0 saturated heterocycles. The zero-order chi connectivity index (χ0) is 17.1. The van der Waals surface area contributed by atoms with Crippen LogP contribution in [0.2, 0.25) is 0 Å². The molecule has 0 aliphatic carbocycles. The first-order valence-corrected chi connectivity index (χ1v) is 8.11. The molecule has 6 nitrogen and oxygen atoms in total. The van der Waals surface area contributed by atoms with Crippen molar-refractivity contribution in [3.05, 3.63) is 33.4 Å². The van der Waals surface area contributed by atoms with Gasteiger partial charge in [-0.3, -0.25) is 0 Å². The van der Waals surface area contributed by atoms with E-state index < -0.39 is 12.0 Å². The van der Waals surface area contributed by atoms with Gasteiger partial charge in [-0.15, -0.1) is 0 Å². The van der Waals surface area contributed by atoms with E-state index in [1.807, 2.05) is 6.92 Å². The van der Waals surface area contributed by atoms with E-state index in [0.29, 0.717) is 38.8 Å². The molecule has 0 aromatic heterocycles. The lowest BCUT2D eigenvalue weighted by Crippen LogP contribution is -2.45. The Morgan fingerprint density at radius 3 is 2.78 bits per heavy atom. The number of methoxy groups -OCH3 is 1. The van der Waals surface area contributed by atoms with Crippen molar-refractivity contribution in [1.82, 2.24) is 10.6 Å². The van der Waals surface area contributed by atoms with Gasteiger partial charge in [0, 0.05) is 5.70 Å². The molecule has 0 fully saturated rings. The molecule has 2 rings (SSSR count). The second-order valence-electron chi connectivity index (χ2n) is 4.84. The van der Waals surface area contributed by atoms with E-state index in [2.05, 4.69) is 26.6 Å². The summed E-state index contributed by atoms with van der Waals surface area (Å²) >= 11 is 8.48. The first-order chi connectivity index (χ1) is 10.9. The summed E-state index contributed by atoms with van der Waals surface area (Å²) < 4.78 is 10.8. The monoisotopic (exact) mass is 400 g/mol. The van der Waals surface area contributed by atoms with Gasteiger partial charge in [-0.25, -0.2) is 4.79 Å². The molecule has 0 radical (unpaired) electrons. The van der Waals surface area contributed by atoms with Gasteiger partial charge in [-0.2, -0.15) is 0 Å². The smallest absolute Gasteiger partial charge is 0.337 e. The van der Waals surface area contributed by atoms with Gasteiger partial charge in [0.1, 0.15) is 0 Å². The fourth-order valence-electron chi connectivity index (χ4n) is 2.35. The number of phenolic OH excluding ortho intramolecular Hbond substituents is 1. The number of phenols is 1. The molecule has 0 bridgehead atoms. The highest BCUT2D eigenvalue weighted by atomic mass is 79.9. The maximum atomic E-state index is 12.1. The third-order valence-corrected chi connectivity index (χ3v) is 4.18. The third-order valence-electron chi connectivity index (χ3n) is 3.36. The highest BCUT2D eigenvalue weighted by Gasteiger charge is 2.31. The molecule has 1 atom stereocenters. The van der Waals surface area contributed by atoms with E-state index in [0.717, 1.165) is 0 Å². The zero-order valence-electron chi connectivity index (χ0n) is 12.9. The van der Waals surface area contributed by atoms with Gasteiger partial charge in [-0.1, -0.05) is 0 Å². The third kappa shape index (κ3) is 3.59. The minimum Gasteiger partial charge on any atom is -0.503 e. The van der Waals surface area contributed by atoms with Crippen LogP contribution in [0.25, 0.3) is 0 Å². The first-order valence-electron chi connectivity index (χ1n) is 6.90. The van der Waals surface area contributed by atoms with Crippen LogP contribution in [0.1, 0.15) is 25.5 Å². The summed E-state index contributed by atoms with van der Waals surface area (Å²) in [6.45, 7) is 3.98. The lowest BCUT2D eigenvalue weighted by Gasteiger charge is -2.30. The average Bonchev–Trinajstić information content (AvgIpc) is 2.50. The molecule has 23 heavy (non-hydrogen) atoms. The SMILES string of the molecule is CCOc1cc([C@H]2NC(=S)NC(C)=C2C(=O)OC)cc(Br)c1O. The van der Waals surface area contributed by atoms with Crippen molar-refractivity contribution in [2.24, 2.45) is 0 Å². The van der Waals surface area contributed by atoms with Gasteiger partial charge in [-0.05, 0) is 59.7 Å². The van der Waals surface area contributed by atoms with Crippen LogP contribution in [0, 0.1) is 0 Å². The van der Waals surface area contributed by atoms with Crippen LogP contribution in [0.3, 0.4) is 0 Å². The Labute approximate surface area is 148 Å². The topological polar surface area (TPSA) is 79.8 Å². The Balaban J connectivity index is 2.56. The summed E-state index contributed by atoms with van der Waals surface area (Å²) in [6.07, 6.45) is 0. The number of thiocarbonyl (C=S) groups is 1. The number of carbonyl (C=O) groups excluding carboxylic acids is 1. The molecule has 8 heteroatoms. The lowest BCUT2D eigenvalue weighted by atomic mass is 9.95. The van der Waals surface area contributed by atoms with Gasteiger partial charge < -0.3 is 25.2 Å². The number of carbonyl (C=O) groups is 1. The van der Waals surface area contributed by atoms with Crippen LogP contribution in [0.4, 0.5) is 0 Å². The van der Waals surface area contributed by atoms with Gasteiger partial charge in [0.25, 0.3) is 0 Å². The summed E-state index contributed by atoms with van der Waals surface area (Å²) in [6, 6.07) is 2.87. The standard InChI is InChI=1S/C15H17BrN2O4S/c1-4-22-10-6-8(5-9(16)13(10)19)12-11(14(20)21-3)7(2)17-15(23)18-12/h5-6,12,19H,4H2,1-3H3,(H2,17,18,23)/t12-/m1/s1. The number of allylic oxidation sites excluding steroid dienone is 1. The number of nitrogens with one attached hydrogen (secondary N) is 2. The second kappa shape index (κ2) is 7.18. The first kappa shape index (κ1) is 17.6. The second-order valence-corrected chi connectivity index (χ2v) is 6.11. The van der Waals surface area contributed by atoms with Crippen LogP contribution in [-0.2, 0) is 9.53 Å². The number of aromatic hydroxyl groups is 1. The quantitative estimate of drug-likeness (QED) is 0.529. The Hall–Kier alpha value is -1.80. The van der Waals surface area contributed by atoms with Crippen LogP contribution in [-0.4, -0.2) is 29.9 Å². The minimum absolute atomic E-state index is 0.00688. The van der Waals surface area contributed by atoms with E-state index >= 15 is 0 Å². The average molecular weight is 401 g/mol. The van der Waals surface area contributed by atoms with Crippen molar-refractivity contribution in [2.45, 2.75) is 19.9 Å². The van der Waals surface area contributed by atoms with Crippen molar-refractivity contribution in [1.29, 1.82) is 0 Å². The molecule has 3 N–H and O–H groups in total. The molecule has 1 aromatic carbocycles. The Morgan fingerprint density at radius 1 is 1.48 bits per heavy atom. The van der Waals surface area contributed by atoms with E-state index in [4.69, 9.17) is 21.7 Å². The highest BCUT2D eigenvalue weighted by molar-refractivity contribution is 9.10. The molecule has 1 aromatic rings.